The average molecular weight is 387 g/mol. The first-order valence-electron chi connectivity index (χ1n) is 10.6. The highest BCUT2D eigenvalue weighted by Crippen LogP contribution is 2.57. The van der Waals surface area contributed by atoms with Gasteiger partial charge in [-0.15, -0.1) is 0 Å². The summed E-state index contributed by atoms with van der Waals surface area (Å²) in [4.78, 5) is 23.3. The Hall–Kier alpha value is -1.84. The van der Waals surface area contributed by atoms with Gasteiger partial charge in [0, 0.05) is 5.41 Å². The van der Waals surface area contributed by atoms with Crippen molar-refractivity contribution in [2.45, 2.75) is 77.6 Å². The van der Waals surface area contributed by atoms with Crippen LogP contribution in [0.3, 0.4) is 0 Å². The number of ether oxygens (including phenoxy) is 2. The van der Waals surface area contributed by atoms with E-state index in [1.54, 1.807) is 0 Å². The highest BCUT2D eigenvalue weighted by atomic mass is 16.5. The van der Waals surface area contributed by atoms with E-state index >= 15 is 0 Å². The van der Waals surface area contributed by atoms with E-state index in [-0.39, 0.29) is 17.3 Å². The summed E-state index contributed by atoms with van der Waals surface area (Å²) >= 11 is 0. The Balaban J connectivity index is 1.80. The topological polar surface area (TPSA) is 52.6 Å². The molecule has 0 bridgehead atoms. The normalized spacial score (nSPS) is 29.0. The van der Waals surface area contributed by atoms with Crippen LogP contribution >= 0.6 is 0 Å². The SMILES string of the molecule is COC(=O)CC(=O)OC[C@@]1(C)CCC[C@]2(C)c3ccc(C(C)C)cc3CC[C@H]12. The molecule has 0 heterocycles. The van der Waals surface area contributed by atoms with Crippen molar-refractivity contribution in [3.8, 4) is 0 Å². The number of aryl methyl sites for hydroxylation is 1. The molecule has 0 aromatic heterocycles. The summed E-state index contributed by atoms with van der Waals surface area (Å²) in [7, 11) is 1.29. The monoisotopic (exact) mass is 386 g/mol. The Morgan fingerprint density at radius 2 is 1.93 bits per heavy atom. The minimum Gasteiger partial charge on any atom is -0.469 e. The van der Waals surface area contributed by atoms with Crippen LogP contribution in [-0.4, -0.2) is 25.7 Å². The molecule has 154 valence electrons. The molecule has 1 aromatic rings. The van der Waals surface area contributed by atoms with Gasteiger partial charge in [-0.1, -0.05) is 52.3 Å². The Morgan fingerprint density at radius 1 is 1.18 bits per heavy atom. The molecule has 0 amide bonds. The molecular weight excluding hydrogens is 352 g/mol. The minimum absolute atomic E-state index is 0.0623. The molecule has 4 nitrogen and oxygen atoms in total. The van der Waals surface area contributed by atoms with Crippen molar-refractivity contribution in [3.63, 3.8) is 0 Å². The Bertz CT molecular complexity index is 753. The van der Waals surface area contributed by atoms with Crippen LogP contribution < -0.4 is 0 Å². The highest BCUT2D eigenvalue weighted by Gasteiger charge is 2.52. The number of methoxy groups -OCH3 is 1. The fraction of sp³-hybridized carbons (Fsp3) is 0.667. The van der Waals surface area contributed by atoms with Crippen LogP contribution in [0.1, 0.15) is 82.4 Å². The maximum Gasteiger partial charge on any atom is 0.317 e. The van der Waals surface area contributed by atoms with Crippen molar-refractivity contribution < 1.29 is 19.1 Å². The summed E-state index contributed by atoms with van der Waals surface area (Å²) in [5.41, 5.74) is 4.45. The molecule has 2 aliphatic rings. The van der Waals surface area contributed by atoms with E-state index in [1.165, 1.54) is 30.2 Å². The minimum atomic E-state index is -0.545. The van der Waals surface area contributed by atoms with Crippen LogP contribution in [0.25, 0.3) is 0 Å². The largest absolute Gasteiger partial charge is 0.469 e. The predicted octanol–water partition coefficient (Wildman–Crippen LogP) is 4.93. The van der Waals surface area contributed by atoms with Crippen LogP contribution in [0.15, 0.2) is 18.2 Å². The van der Waals surface area contributed by atoms with E-state index in [2.05, 4.69) is 50.6 Å². The number of carbonyl (C=O) groups excluding carboxylic acids is 2. The zero-order valence-electron chi connectivity index (χ0n) is 18.0. The summed E-state index contributed by atoms with van der Waals surface area (Å²) in [6.45, 7) is 9.53. The fourth-order valence-electron chi connectivity index (χ4n) is 5.66. The summed E-state index contributed by atoms with van der Waals surface area (Å²) in [6.07, 6.45) is 5.26. The Morgan fingerprint density at radius 3 is 2.61 bits per heavy atom. The molecule has 2 aliphatic carbocycles. The lowest BCUT2D eigenvalue weighted by molar-refractivity contribution is -0.157. The van der Waals surface area contributed by atoms with Gasteiger partial charge in [0.15, 0.2) is 0 Å². The number of benzene rings is 1. The van der Waals surface area contributed by atoms with E-state index in [4.69, 9.17) is 4.74 Å². The number of carbonyl (C=O) groups is 2. The first kappa shape index (κ1) is 20.9. The lowest BCUT2D eigenvalue weighted by Gasteiger charge is -2.55. The van der Waals surface area contributed by atoms with E-state index in [1.807, 2.05) is 0 Å². The standard InChI is InChI=1S/C24H34O4/c1-16(2)17-7-9-19-18(13-17)8-10-20-23(3,11-6-12-24(19,20)4)15-28-22(26)14-21(25)27-5/h7,9,13,16,20H,6,8,10-12,14-15H2,1-5H3/t20-,23-,24-/m1/s1. The number of hydrogen-bond donors (Lipinski definition) is 0. The molecule has 1 saturated carbocycles. The Kier molecular flexibility index (Phi) is 5.88. The van der Waals surface area contributed by atoms with Crippen LogP contribution in [-0.2, 0) is 30.9 Å². The van der Waals surface area contributed by atoms with Crippen molar-refractivity contribution in [1.82, 2.24) is 0 Å². The van der Waals surface area contributed by atoms with Crippen LogP contribution in [0.2, 0.25) is 0 Å². The molecule has 4 heteroatoms. The number of fused-ring (bicyclic) bond motifs is 3. The van der Waals surface area contributed by atoms with E-state index in [0.29, 0.717) is 18.4 Å². The van der Waals surface area contributed by atoms with Crippen LogP contribution in [0.4, 0.5) is 0 Å². The molecule has 0 saturated heterocycles. The van der Waals surface area contributed by atoms with Gasteiger partial charge in [-0.05, 0) is 59.6 Å². The number of esters is 2. The van der Waals surface area contributed by atoms with Gasteiger partial charge in [0.2, 0.25) is 0 Å². The van der Waals surface area contributed by atoms with Gasteiger partial charge in [-0.3, -0.25) is 9.59 Å². The van der Waals surface area contributed by atoms with Crippen LogP contribution in [0, 0.1) is 11.3 Å². The van der Waals surface area contributed by atoms with Crippen molar-refractivity contribution in [2.24, 2.45) is 11.3 Å². The second kappa shape index (κ2) is 7.88. The Labute approximate surface area is 169 Å². The molecule has 3 atom stereocenters. The first-order valence-corrected chi connectivity index (χ1v) is 10.6. The first-order chi connectivity index (χ1) is 13.2. The number of hydrogen-bond acceptors (Lipinski definition) is 4. The molecular formula is C24H34O4. The summed E-state index contributed by atoms with van der Waals surface area (Å²) in [5, 5.41) is 0. The molecule has 28 heavy (non-hydrogen) atoms. The lowest BCUT2D eigenvalue weighted by Crippen LogP contribution is -2.51. The summed E-state index contributed by atoms with van der Waals surface area (Å²) in [6, 6.07) is 7.05. The second-order valence-electron chi connectivity index (χ2n) is 9.50. The van der Waals surface area contributed by atoms with Crippen molar-refractivity contribution >= 4 is 11.9 Å². The van der Waals surface area contributed by atoms with Gasteiger partial charge in [-0.2, -0.15) is 0 Å². The van der Waals surface area contributed by atoms with Gasteiger partial charge in [0.05, 0.1) is 13.7 Å². The quantitative estimate of drug-likeness (QED) is 0.532. The molecule has 3 rings (SSSR count). The van der Waals surface area contributed by atoms with Gasteiger partial charge in [-0.25, -0.2) is 0 Å². The third-order valence-corrected chi connectivity index (χ3v) is 7.25. The molecule has 0 radical (unpaired) electrons. The smallest absolute Gasteiger partial charge is 0.317 e. The maximum absolute atomic E-state index is 12.0. The average Bonchev–Trinajstić information content (AvgIpc) is 2.65. The maximum atomic E-state index is 12.0. The van der Waals surface area contributed by atoms with E-state index < -0.39 is 11.9 Å². The van der Waals surface area contributed by atoms with E-state index in [9.17, 15) is 9.59 Å². The zero-order chi connectivity index (χ0) is 20.5. The zero-order valence-corrected chi connectivity index (χ0v) is 18.0. The summed E-state index contributed by atoms with van der Waals surface area (Å²) in [5.74, 6) is -0.0203. The highest BCUT2D eigenvalue weighted by molar-refractivity contribution is 5.91. The summed E-state index contributed by atoms with van der Waals surface area (Å²) < 4.78 is 10.1. The molecule has 0 N–H and O–H groups in total. The molecule has 0 spiro atoms. The molecule has 0 unspecified atom stereocenters. The van der Waals surface area contributed by atoms with Gasteiger partial charge in [0.1, 0.15) is 6.42 Å². The van der Waals surface area contributed by atoms with Gasteiger partial charge in [0.25, 0.3) is 0 Å². The lowest BCUT2D eigenvalue weighted by atomic mass is 9.50. The number of rotatable bonds is 5. The van der Waals surface area contributed by atoms with Crippen molar-refractivity contribution in [1.29, 1.82) is 0 Å². The van der Waals surface area contributed by atoms with E-state index in [0.717, 1.165) is 25.7 Å². The van der Waals surface area contributed by atoms with Gasteiger partial charge < -0.3 is 9.47 Å². The van der Waals surface area contributed by atoms with Crippen molar-refractivity contribution in [2.75, 3.05) is 13.7 Å². The van der Waals surface area contributed by atoms with Crippen LogP contribution in [0.5, 0.6) is 0 Å². The van der Waals surface area contributed by atoms with Gasteiger partial charge >= 0.3 is 11.9 Å². The predicted molar refractivity (Wildman–Crippen MR) is 109 cm³/mol. The molecule has 1 fully saturated rings. The fourth-order valence-corrected chi connectivity index (χ4v) is 5.66. The van der Waals surface area contributed by atoms with Crippen molar-refractivity contribution in [3.05, 3.63) is 34.9 Å². The molecule has 1 aromatic carbocycles. The second-order valence-corrected chi connectivity index (χ2v) is 9.50. The third kappa shape index (κ3) is 3.83. The third-order valence-electron chi connectivity index (χ3n) is 7.25. The molecule has 0 aliphatic heterocycles.